The minimum absolute atomic E-state index is 0.0413. The van der Waals surface area contributed by atoms with Crippen LogP contribution in [0.15, 0.2) is 76.6 Å². The number of nitrogens with zero attached hydrogens (tertiary/aromatic N) is 1. The van der Waals surface area contributed by atoms with Crippen LogP contribution in [-0.2, 0) is 10.0 Å². The van der Waals surface area contributed by atoms with E-state index >= 15 is 0 Å². The molecular formula is C21H20N2O5S. The Hall–Kier alpha value is -3.52. The Morgan fingerprint density at radius 3 is 2.38 bits per heavy atom. The van der Waals surface area contributed by atoms with Crippen molar-refractivity contribution in [3.8, 4) is 17.2 Å². The maximum absolute atomic E-state index is 12.8. The lowest BCUT2D eigenvalue weighted by molar-refractivity contribution is 0.373. The van der Waals surface area contributed by atoms with Gasteiger partial charge in [-0.2, -0.15) is 0 Å². The van der Waals surface area contributed by atoms with Crippen LogP contribution in [0.2, 0.25) is 0 Å². The van der Waals surface area contributed by atoms with E-state index in [1.807, 2.05) is 0 Å². The van der Waals surface area contributed by atoms with Crippen LogP contribution < -0.4 is 14.2 Å². The summed E-state index contributed by atoms with van der Waals surface area (Å²) in [5, 5.41) is 10.1. The zero-order valence-electron chi connectivity index (χ0n) is 15.9. The number of hydrogen-bond donors (Lipinski definition) is 2. The molecule has 0 bridgehead atoms. The molecule has 7 nitrogen and oxygen atoms in total. The van der Waals surface area contributed by atoms with Gasteiger partial charge in [0, 0.05) is 11.8 Å². The van der Waals surface area contributed by atoms with E-state index in [0.717, 1.165) is 0 Å². The number of para-hydroxylation sites is 3. The van der Waals surface area contributed by atoms with Crippen molar-refractivity contribution in [2.45, 2.75) is 4.90 Å². The number of methoxy groups -OCH3 is 2. The molecule has 3 aromatic carbocycles. The van der Waals surface area contributed by atoms with Gasteiger partial charge in [0.1, 0.15) is 5.75 Å². The molecule has 0 heterocycles. The molecule has 3 aromatic rings. The van der Waals surface area contributed by atoms with Crippen molar-refractivity contribution in [2.75, 3.05) is 18.9 Å². The lowest BCUT2D eigenvalue weighted by Gasteiger charge is -2.11. The summed E-state index contributed by atoms with van der Waals surface area (Å²) in [6, 6.07) is 17.9. The number of sulfonamides is 1. The third-order valence-corrected chi connectivity index (χ3v) is 5.45. The fourth-order valence-electron chi connectivity index (χ4n) is 2.62. The number of phenols is 1. The molecule has 0 unspecified atom stereocenters. The van der Waals surface area contributed by atoms with Crippen molar-refractivity contribution in [2.24, 2.45) is 4.99 Å². The van der Waals surface area contributed by atoms with Gasteiger partial charge in [0.15, 0.2) is 11.5 Å². The first-order valence-electron chi connectivity index (χ1n) is 8.60. The van der Waals surface area contributed by atoms with Crippen molar-refractivity contribution >= 4 is 27.6 Å². The van der Waals surface area contributed by atoms with Crippen molar-refractivity contribution in [1.29, 1.82) is 0 Å². The van der Waals surface area contributed by atoms with E-state index in [4.69, 9.17) is 9.47 Å². The average molecular weight is 412 g/mol. The van der Waals surface area contributed by atoms with E-state index in [2.05, 4.69) is 9.71 Å². The normalized spacial score (nSPS) is 11.4. The number of ether oxygens (including phenoxy) is 2. The summed E-state index contributed by atoms with van der Waals surface area (Å²) in [5.74, 6) is 0.699. The standard InChI is InChI=1S/C21H20N2O5S/c1-27-19-11-4-3-10-18(19)23-29(25,26)17-9-6-8-16(13-17)22-14-15-7-5-12-20(28-2)21(15)24/h3-14,23-24H,1-2H3. The maximum Gasteiger partial charge on any atom is 0.262 e. The van der Waals surface area contributed by atoms with Crippen LogP contribution in [0.25, 0.3) is 0 Å². The van der Waals surface area contributed by atoms with Gasteiger partial charge >= 0.3 is 0 Å². The van der Waals surface area contributed by atoms with E-state index < -0.39 is 10.0 Å². The number of phenolic OH excluding ortho intramolecular Hbond substituents is 1. The summed E-state index contributed by atoms with van der Waals surface area (Å²) >= 11 is 0. The second kappa shape index (κ2) is 8.66. The first-order chi connectivity index (χ1) is 13.9. The van der Waals surface area contributed by atoms with E-state index in [-0.39, 0.29) is 10.6 Å². The predicted octanol–water partition coefficient (Wildman–Crippen LogP) is 3.96. The first-order valence-corrected chi connectivity index (χ1v) is 10.1. The Morgan fingerprint density at radius 2 is 1.62 bits per heavy atom. The molecule has 0 amide bonds. The molecule has 0 atom stereocenters. The van der Waals surface area contributed by atoms with Crippen LogP contribution >= 0.6 is 0 Å². The highest BCUT2D eigenvalue weighted by Crippen LogP contribution is 2.29. The molecule has 150 valence electrons. The second-order valence-electron chi connectivity index (χ2n) is 5.96. The molecule has 0 saturated heterocycles. The molecule has 0 aromatic heterocycles. The maximum atomic E-state index is 12.8. The molecule has 0 saturated carbocycles. The highest BCUT2D eigenvalue weighted by molar-refractivity contribution is 7.92. The molecule has 0 fully saturated rings. The van der Waals surface area contributed by atoms with Gasteiger partial charge in [-0.05, 0) is 42.5 Å². The number of aliphatic imine (C=N–C) groups is 1. The van der Waals surface area contributed by atoms with Crippen LogP contribution in [0.5, 0.6) is 17.2 Å². The third-order valence-electron chi connectivity index (χ3n) is 4.08. The van der Waals surface area contributed by atoms with Crippen LogP contribution in [-0.4, -0.2) is 34.0 Å². The minimum Gasteiger partial charge on any atom is -0.504 e. The molecule has 29 heavy (non-hydrogen) atoms. The Labute approximate surface area is 169 Å². The van der Waals surface area contributed by atoms with Crippen molar-refractivity contribution < 1.29 is 23.0 Å². The van der Waals surface area contributed by atoms with E-state index in [0.29, 0.717) is 28.4 Å². The Bertz CT molecular complexity index is 1140. The Morgan fingerprint density at radius 1 is 0.931 bits per heavy atom. The van der Waals surface area contributed by atoms with Crippen LogP contribution in [0, 0.1) is 0 Å². The fourth-order valence-corrected chi connectivity index (χ4v) is 3.73. The Balaban J connectivity index is 1.87. The van der Waals surface area contributed by atoms with Gasteiger partial charge in [0.25, 0.3) is 10.0 Å². The van der Waals surface area contributed by atoms with E-state index in [1.165, 1.54) is 32.6 Å². The van der Waals surface area contributed by atoms with Crippen LogP contribution in [0.3, 0.4) is 0 Å². The number of aromatic hydroxyl groups is 1. The Kier molecular flexibility index (Phi) is 6.04. The molecule has 0 radical (unpaired) electrons. The number of hydrogen-bond acceptors (Lipinski definition) is 6. The first kappa shape index (κ1) is 20.2. The summed E-state index contributed by atoms with van der Waals surface area (Å²) in [5.41, 5.74) is 1.20. The number of anilines is 1. The van der Waals surface area contributed by atoms with Crippen molar-refractivity contribution in [3.05, 3.63) is 72.3 Å². The molecule has 0 aliphatic rings. The second-order valence-corrected chi connectivity index (χ2v) is 7.64. The summed E-state index contributed by atoms with van der Waals surface area (Å²) in [4.78, 5) is 4.32. The number of rotatable bonds is 7. The monoisotopic (exact) mass is 412 g/mol. The van der Waals surface area contributed by atoms with Gasteiger partial charge in [-0.1, -0.05) is 24.3 Å². The van der Waals surface area contributed by atoms with Crippen molar-refractivity contribution in [3.63, 3.8) is 0 Å². The fraction of sp³-hybridized carbons (Fsp3) is 0.0952. The molecule has 8 heteroatoms. The molecule has 2 N–H and O–H groups in total. The summed E-state index contributed by atoms with van der Waals surface area (Å²) in [6.07, 6.45) is 1.44. The summed E-state index contributed by atoms with van der Waals surface area (Å²) in [7, 11) is -0.917. The lowest BCUT2D eigenvalue weighted by Crippen LogP contribution is -2.13. The van der Waals surface area contributed by atoms with Gasteiger partial charge in [0.2, 0.25) is 0 Å². The third kappa shape index (κ3) is 4.67. The van der Waals surface area contributed by atoms with Crippen LogP contribution in [0.4, 0.5) is 11.4 Å². The molecule has 3 rings (SSSR count). The smallest absolute Gasteiger partial charge is 0.262 e. The average Bonchev–Trinajstić information content (AvgIpc) is 2.73. The topological polar surface area (TPSA) is 97.2 Å². The predicted molar refractivity (Wildman–Crippen MR) is 112 cm³/mol. The largest absolute Gasteiger partial charge is 0.504 e. The summed E-state index contributed by atoms with van der Waals surface area (Å²) < 4.78 is 38.3. The molecule has 0 aliphatic carbocycles. The van der Waals surface area contributed by atoms with Gasteiger partial charge in [-0.3, -0.25) is 9.71 Å². The molecule has 0 spiro atoms. The van der Waals surface area contributed by atoms with Crippen LogP contribution in [0.1, 0.15) is 5.56 Å². The zero-order valence-corrected chi connectivity index (χ0v) is 16.7. The minimum atomic E-state index is -3.84. The molecule has 0 aliphatic heterocycles. The zero-order chi connectivity index (χ0) is 20.9. The highest BCUT2D eigenvalue weighted by Gasteiger charge is 2.16. The summed E-state index contributed by atoms with van der Waals surface area (Å²) in [6.45, 7) is 0. The van der Waals surface area contributed by atoms with Crippen molar-refractivity contribution in [1.82, 2.24) is 0 Å². The SMILES string of the molecule is COc1ccccc1NS(=O)(=O)c1cccc(N=Cc2cccc(OC)c2O)c1. The highest BCUT2D eigenvalue weighted by atomic mass is 32.2. The molecular weight excluding hydrogens is 392 g/mol. The van der Waals surface area contributed by atoms with E-state index in [9.17, 15) is 13.5 Å². The quantitative estimate of drug-likeness (QED) is 0.573. The lowest BCUT2D eigenvalue weighted by atomic mass is 10.2. The van der Waals surface area contributed by atoms with Gasteiger partial charge in [-0.25, -0.2) is 8.42 Å². The van der Waals surface area contributed by atoms with Gasteiger partial charge in [0.05, 0.1) is 30.5 Å². The number of nitrogens with one attached hydrogen (secondary N) is 1. The van der Waals surface area contributed by atoms with Gasteiger partial charge < -0.3 is 14.6 Å². The van der Waals surface area contributed by atoms with Gasteiger partial charge in [-0.15, -0.1) is 0 Å². The number of benzene rings is 3. The van der Waals surface area contributed by atoms with E-state index in [1.54, 1.807) is 54.6 Å².